The molecule has 4 rings (SSSR count). The second-order valence-electron chi connectivity index (χ2n) is 8.41. The number of fused-ring (bicyclic) bond motifs is 1. The first-order valence-corrected chi connectivity index (χ1v) is 10.9. The molecule has 31 heavy (non-hydrogen) atoms. The molecule has 0 spiro atoms. The van der Waals surface area contributed by atoms with Gasteiger partial charge in [0.05, 0.1) is 12.7 Å². The number of hydrogen-bond acceptors (Lipinski definition) is 5. The summed E-state index contributed by atoms with van der Waals surface area (Å²) in [6.45, 7) is 2.74. The SMILES string of the molecule is CNC(=O)c1ccc(N2CCC(NC(=O)c3cccc(OC)c3C)CC3CCC32)nc1. The van der Waals surface area contributed by atoms with Crippen molar-refractivity contribution in [3.05, 3.63) is 53.2 Å². The van der Waals surface area contributed by atoms with Crippen molar-refractivity contribution in [2.45, 2.75) is 44.7 Å². The van der Waals surface area contributed by atoms with E-state index < -0.39 is 0 Å². The van der Waals surface area contributed by atoms with E-state index in [4.69, 9.17) is 4.74 Å². The molecule has 2 amide bonds. The van der Waals surface area contributed by atoms with Crippen molar-refractivity contribution in [1.82, 2.24) is 15.6 Å². The van der Waals surface area contributed by atoms with Crippen molar-refractivity contribution < 1.29 is 14.3 Å². The maximum Gasteiger partial charge on any atom is 0.252 e. The minimum absolute atomic E-state index is 0.0428. The first-order chi connectivity index (χ1) is 15.0. The highest BCUT2D eigenvalue weighted by Crippen LogP contribution is 2.40. The third-order valence-corrected chi connectivity index (χ3v) is 6.70. The van der Waals surface area contributed by atoms with E-state index in [-0.39, 0.29) is 17.9 Å². The molecular formula is C24H30N4O3. The first kappa shape index (κ1) is 21.2. The number of carbonyl (C=O) groups excluding carboxylic acids is 2. The Balaban J connectivity index is 1.46. The highest BCUT2D eigenvalue weighted by Gasteiger charge is 2.40. The Kier molecular flexibility index (Phi) is 6.11. The standard InChI is InChI=1S/C24H30N4O3/c1-15-19(5-4-6-21(15)31-3)24(30)27-18-11-12-28(20-9-7-16(20)13-18)22-10-8-17(14-26-22)23(29)25-2/h4-6,8,10,14,16,18,20H,7,9,11-13H2,1-3H3,(H,25,29)(H,27,30). The molecule has 164 valence electrons. The molecule has 2 aromatic rings. The molecule has 0 bridgehead atoms. The van der Waals surface area contributed by atoms with Crippen LogP contribution in [0.4, 0.5) is 5.82 Å². The van der Waals surface area contributed by atoms with Gasteiger partial charge in [-0.25, -0.2) is 4.98 Å². The lowest BCUT2D eigenvalue weighted by atomic mass is 9.76. The topological polar surface area (TPSA) is 83.6 Å². The second-order valence-corrected chi connectivity index (χ2v) is 8.41. The average molecular weight is 423 g/mol. The molecule has 3 unspecified atom stereocenters. The first-order valence-electron chi connectivity index (χ1n) is 10.9. The Hall–Kier alpha value is -3.09. The Morgan fingerprint density at radius 3 is 2.61 bits per heavy atom. The Morgan fingerprint density at radius 1 is 1.13 bits per heavy atom. The zero-order chi connectivity index (χ0) is 22.0. The van der Waals surface area contributed by atoms with Crippen LogP contribution in [0.3, 0.4) is 0 Å². The van der Waals surface area contributed by atoms with E-state index >= 15 is 0 Å². The summed E-state index contributed by atoms with van der Waals surface area (Å²) < 4.78 is 5.36. The number of ether oxygens (including phenoxy) is 1. The van der Waals surface area contributed by atoms with Crippen LogP contribution in [0.25, 0.3) is 0 Å². The van der Waals surface area contributed by atoms with Crippen molar-refractivity contribution in [3.8, 4) is 5.75 Å². The molecule has 2 fully saturated rings. The Labute approximate surface area is 183 Å². The molecule has 1 aliphatic heterocycles. The van der Waals surface area contributed by atoms with Crippen LogP contribution in [0.5, 0.6) is 5.75 Å². The molecule has 1 aromatic carbocycles. The molecule has 0 radical (unpaired) electrons. The number of benzene rings is 1. The maximum absolute atomic E-state index is 13.0. The molecule has 7 nitrogen and oxygen atoms in total. The van der Waals surface area contributed by atoms with Gasteiger partial charge in [0.15, 0.2) is 0 Å². The Morgan fingerprint density at radius 2 is 1.97 bits per heavy atom. The lowest BCUT2D eigenvalue weighted by molar-refractivity contribution is 0.0923. The number of pyridine rings is 1. The Bertz CT molecular complexity index is 960. The summed E-state index contributed by atoms with van der Waals surface area (Å²) in [6, 6.07) is 9.89. The molecule has 1 saturated carbocycles. The number of nitrogens with zero attached hydrogens (tertiary/aromatic N) is 2. The molecule has 3 atom stereocenters. The molecule has 1 aromatic heterocycles. The summed E-state index contributed by atoms with van der Waals surface area (Å²) in [5.74, 6) is 1.99. The summed E-state index contributed by atoms with van der Waals surface area (Å²) in [7, 11) is 3.24. The molecular weight excluding hydrogens is 392 g/mol. The van der Waals surface area contributed by atoms with Gasteiger partial charge in [-0.05, 0) is 62.8 Å². The molecule has 2 aliphatic rings. The van der Waals surface area contributed by atoms with E-state index in [9.17, 15) is 9.59 Å². The third-order valence-electron chi connectivity index (χ3n) is 6.70. The predicted octanol–water partition coefficient (Wildman–Crippen LogP) is 2.94. The number of hydrogen-bond donors (Lipinski definition) is 2. The monoisotopic (exact) mass is 422 g/mol. The van der Waals surface area contributed by atoms with E-state index in [0.717, 1.165) is 42.9 Å². The number of carbonyl (C=O) groups is 2. The summed E-state index contributed by atoms with van der Waals surface area (Å²) in [6.07, 6.45) is 5.78. The van der Waals surface area contributed by atoms with Crippen LogP contribution < -0.4 is 20.3 Å². The zero-order valence-electron chi connectivity index (χ0n) is 18.4. The second kappa shape index (κ2) is 8.96. The van der Waals surface area contributed by atoms with Crippen LogP contribution in [0.1, 0.15) is 52.0 Å². The van der Waals surface area contributed by atoms with Gasteiger partial charge in [0.2, 0.25) is 0 Å². The predicted molar refractivity (Wildman–Crippen MR) is 120 cm³/mol. The zero-order valence-corrected chi connectivity index (χ0v) is 18.4. The summed E-state index contributed by atoms with van der Waals surface area (Å²) in [5, 5.41) is 5.89. The van der Waals surface area contributed by atoms with E-state index in [1.807, 2.05) is 37.3 Å². The molecule has 1 aliphatic carbocycles. The van der Waals surface area contributed by atoms with E-state index in [2.05, 4.69) is 20.5 Å². The van der Waals surface area contributed by atoms with Crippen LogP contribution in [0, 0.1) is 12.8 Å². The van der Waals surface area contributed by atoms with Gasteiger partial charge in [0, 0.05) is 43.0 Å². The largest absolute Gasteiger partial charge is 0.496 e. The van der Waals surface area contributed by atoms with Crippen LogP contribution in [-0.2, 0) is 0 Å². The van der Waals surface area contributed by atoms with Gasteiger partial charge in [-0.1, -0.05) is 6.07 Å². The van der Waals surface area contributed by atoms with Crippen LogP contribution in [0.15, 0.2) is 36.5 Å². The lowest BCUT2D eigenvalue weighted by Crippen LogP contribution is -2.47. The van der Waals surface area contributed by atoms with E-state index in [0.29, 0.717) is 23.1 Å². The maximum atomic E-state index is 13.0. The fourth-order valence-electron chi connectivity index (χ4n) is 4.78. The smallest absolute Gasteiger partial charge is 0.252 e. The molecule has 2 heterocycles. The van der Waals surface area contributed by atoms with E-state index in [1.165, 1.54) is 6.42 Å². The average Bonchev–Trinajstić information content (AvgIpc) is 2.89. The molecule has 2 N–H and O–H groups in total. The molecule has 1 saturated heterocycles. The van der Waals surface area contributed by atoms with Gasteiger partial charge in [-0.2, -0.15) is 0 Å². The minimum Gasteiger partial charge on any atom is -0.496 e. The summed E-state index contributed by atoms with van der Waals surface area (Å²) >= 11 is 0. The summed E-state index contributed by atoms with van der Waals surface area (Å²) in [5.41, 5.74) is 2.08. The van der Waals surface area contributed by atoms with Gasteiger partial charge in [0.25, 0.3) is 11.8 Å². The third kappa shape index (κ3) is 4.22. The van der Waals surface area contributed by atoms with E-state index in [1.54, 1.807) is 20.4 Å². The van der Waals surface area contributed by atoms with Crippen molar-refractivity contribution in [2.75, 3.05) is 25.6 Å². The van der Waals surface area contributed by atoms with Crippen LogP contribution in [0.2, 0.25) is 0 Å². The van der Waals surface area contributed by atoms with Crippen LogP contribution >= 0.6 is 0 Å². The van der Waals surface area contributed by atoms with Gasteiger partial charge >= 0.3 is 0 Å². The number of anilines is 1. The molecule has 7 heteroatoms. The van der Waals surface area contributed by atoms with Gasteiger partial charge in [-0.15, -0.1) is 0 Å². The fraction of sp³-hybridized carbons (Fsp3) is 0.458. The number of amides is 2. The summed E-state index contributed by atoms with van der Waals surface area (Å²) in [4.78, 5) is 31.7. The minimum atomic E-state index is -0.132. The van der Waals surface area contributed by atoms with Crippen molar-refractivity contribution in [1.29, 1.82) is 0 Å². The van der Waals surface area contributed by atoms with Gasteiger partial charge in [-0.3, -0.25) is 9.59 Å². The van der Waals surface area contributed by atoms with Gasteiger partial charge < -0.3 is 20.3 Å². The van der Waals surface area contributed by atoms with Crippen molar-refractivity contribution >= 4 is 17.6 Å². The highest BCUT2D eigenvalue weighted by molar-refractivity contribution is 5.96. The number of rotatable bonds is 5. The van der Waals surface area contributed by atoms with Crippen LogP contribution in [-0.4, -0.2) is 49.6 Å². The fourth-order valence-corrected chi connectivity index (χ4v) is 4.78. The normalized spacial score (nSPS) is 22.5. The number of methoxy groups -OCH3 is 1. The number of nitrogens with one attached hydrogen (secondary N) is 2. The van der Waals surface area contributed by atoms with Crippen molar-refractivity contribution in [3.63, 3.8) is 0 Å². The van der Waals surface area contributed by atoms with Crippen molar-refractivity contribution in [2.24, 2.45) is 5.92 Å². The quantitative estimate of drug-likeness (QED) is 0.774. The highest BCUT2D eigenvalue weighted by atomic mass is 16.5. The lowest BCUT2D eigenvalue weighted by Gasteiger charge is -2.43. The number of aromatic nitrogens is 1. The van der Waals surface area contributed by atoms with Gasteiger partial charge in [0.1, 0.15) is 11.6 Å².